The summed E-state index contributed by atoms with van der Waals surface area (Å²) >= 11 is 0. The largest absolute Gasteiger partial charge is 0.338 e. The molecule has 2 atom stereocenters. The molecule has 3 N–H and O–H groups in total. The van der Waals surface area contributed by atoms with E-state index in [0.29, 0.717) is 18.5 Å². The summed E-state index contributed by atoms with van der Waals surface area (Å²) in [6.07, 6.45) is 2.02. The van der Waals surface area contributed by atoms with Crippen molar-refractivity contribution in [1.82, 2.24) is 10.2 Å². The number of nitrogens with two attached hydrogens (primary N) is 1. The van der Waals surface area contributed by atoms with Crippen LogP contribution in [0.2, 0.25) is 0 Å². The molecule has 0 aromatic carbocycles. The SMILES string of the molecule is CCCNC(=O)N1CC(CN)CC1C. The maximum Gasteiger partial charge on any atom is 0.317 e. The number of amides is 2. The van der Waals surface area contributed by atoms with Crippen molar-refractivity contribution < 1.29 is 4.79 Å². The van der Waals surface area contributed by atoms with E-state index < -0.39 is 0 Å². The molecule has 0 spiro atoms. The lowest BCUT2D eigenvalue weighted by atomic mass is 10.1. The highest BCUT2D eigenvalue weighted by Gasteiger charge is 2.31. The minimum absolute atomic E-state index is 0.0651. The summed E-state index contributed by atoms with van der Waals surface area (Å²) in [4.78, 5) is 13.5. The molecule has 1 aliphatic heterocycles. The molecule has 4 heteroatoms. The van der Waals surface area contributed by atoms with Crippen LogP contribution in [0.1, 0.15) is 26.7 Å². The number of urea groups is 1. The molecule has 0 aromatic heterocycles. The average molecular weight is 199 g/mol. The molecule has 1 aliphatic rings. The summed E-state index contributed by atoms with van der Waals surface area (Å²) in [7, 11) is 0. The zero-order chi connectivity index (χ0) is 10.6. The van der Waals surface area contributed by atoms with Crippen molar-refractivity contribution in [2.75, 3.05) is 19.6 Å². The first-order valence-corrected chi connectivity index (χ1v) is 5.43. The van der Waals surface area contributed by atoms with Gasteiger partial charge in [-0.05, 0) is 32.2 Å². The molecule has 2 amide bonds. The average Bonchev–Trinajstić information content (AvgIpc) is 2.56. The van der Waals surface area contributed by atoms with E-state index in [-0.39, 0.29) is 6.03 Å². The quantitative estimate of drug-likeness (QED) is 0.705. The Kier molecular flexibility index (Phi) is 4.20. The van der Waals surface area contributed by atoms with E-state index in [4.69, 9.17) is 5.73 Å². The molecule has 4 nitrogen and oxygen atoms in total. The number of carbonyl (C=O) groups is 1. The highest BCUT2D eigenvalue weighted by Crippen LogP contribution is 2.21. The first kappa shape index (κ1) is 11.3. The van der Waals surface area contributed by atoms with Gasteiger partial charge in [-0.3, -0.25) is 0 Å². The Bertz CT molecular complexity index is 196. The first-order chi connectivity index (χ1) is 6.69. The molecule has 0 radical (unpaired) electrons. The summed E-state index contributed by atoms with van der Waals surface area (Å²) in [6.45, 7) is 6.39. The zero-order valence-electron chi connectivity index (χ0n) is 9.12. The van der Waals surface area contributed by atoms with Crippen LogP contribution in [0.25, 0.3) is 0 Å². The van der Waals surface area contributed by atoms with E-state index in [2.05, 4.69) is 19.2 Å². The molecule has 0 saturated carbocycles. The van der Waals surface area contributed by atoms with Gasteiger partial charge >= 0.3 is 6.03 Å². The summed E-state index contributed by atoms with van der Waals surface area (Å²) in [6, 6.07) is 0.399. The molecule has 0 aromatic rings. The number of rotatable bonds is 3. The Morgan fingerprint density at radius 2 is 2.36 bits per heavy atom. The van der Waals surface area contributed by atoms with Gasteiger partial charge in [0.1, 0.15) is 0 Å². The molecule has 0 bridgehead atoms. The van der Waals surface area contributed by atoms with Gasteiger partial charge in [-0.25, -0.2) is 4.79 Å². The molecule has 1 rings (SSSR count). The molecule has 1 saturated heterocycles. The van der Waals surface area contributed by atoms with Crippen LogP contribution >= 0.6 is 0 Å². The van der Waals surface area contributed by atoms with Gasteiger partial charge in [0.2, 0.25) is 0 Å². The molecular weight excluding hydrogens is 178 g/mol. The van der Waals surface area contributed by atoms with Gasteiger partial charge in [0, 0.05) is 19.1 Å². The van der Waals surface area contributed by atoms with Gasteiger partial charge in [0.15, 0.2) is 0 Å². The lowest BCUT2D eigenvalue weighted by Crippen LogP contribution is -2.42. The van der Waals surface area contributed by atoms with Crippen molar-refractivity contribution in [2.24, 2.45) is 11.7 Å². The second kappa shape index (κ2) is 5.20. The molecule has 0 aliphatic carbocycles. The molecule has 2 unspecified atom stereocenters. The number of hydrogen-bond acceptors (Lipinski definition) is 2. The second-order valence-corrected chi connectivity index (χ2v) is 4.07. The van der Waals surface area contributed by atoms with Crippen molar-refractivity contribution in [1.29, 1.82) is 0 Å². The lowest BCUT2D eigenvalue weighted by Gasteiger charge is -2.21. The minimum Gasteiger partial charge on any atom is -0.338 e. The standard InChI is InChI=1S/C10H21N3O/c1-3-4-12-10(14)13-7-9(6-11)5-8(13)2/h8-9H,3-7,11H2,1-2H3,(H,12,14). The van der Waals surface area contributed by atoms with Crippen LogP contribution in [0.5, 0.6) is 0 Å². The Labute approximate surface area is 85.8 Å². The monoisotopic (exact) mass is 199 g/mol. The minimum atomic E-state index is 0.0651. The zero-order valence-corrected chi connectivity index (χ0v) is 9.12. The van der Waals surface area contributed by atoms with Gasteiger partial charge in [0.25, 0.3) is 0 Å². The number of nitrogens with one attached hydrogen (secondary N) is 1. The highest BCUT2D eigenvalue weighted by molar-refractivity contribution is 5.74. The second-order valence-electron chi connectivity index (χ2n) is 4.07. The smallest absolute Gasteiger partial charge is 0.317 e. The number of hydrogen-bond donors (Lipinski definition) is 2. The van der Waals surface area contributed by atoms with E-state index in [1.807, 2.05) is 4.90 Å². The van der Waals surface area contributed by atoms with Gasteiger partial charge in [-0.1, -0.05) is 6.92 Å². The topological polar surface area (TPSA) is 58.4 Å². The van der Waals surface area contributed by atoms with E-state index in [0.717, 1.165) is 25.9 Å². The van der Waals surface area contributed by atoms with Crippen LogP contribution in [0.3, 0.4) is 0 Å². The fraction of sp³-hybridized carbons (Fsp3) is 0.900. The Morgan fingerprint density at radius 1 is 1.64 bits per heavy atom. The van der Waals surface area contributed by atoms with Gasteiger partial charge in [-0.2, -0.15) is 0 Å². The maximum absolute atomic E-state index is 11.7. The molecule has 1 heterocycles. The summed E-state index contributed by atoms with van der Waals surface area (Å²) in [5.74, 6) is 0.484. The molecular formula is C10H21N3O. The Morgan fingerprint density at radius 3 is 2.86 bits per heavy atom. The molecule has 82 valence electrons. The van der Waals surface area contributed by atoms with Crippen LogP contribution < -0.4 is 11.1 Å². The maximum atomic E-state index is 11.7. The van der Waals surface area contributed by atoms with Crippen molar-refractivity contribution in [3.05, 3.63) is 0 Å². The van der Waals surface area contributed by atoms with E-state index >= 15 is 0 Å². The Hall–Kier alpha value is -0.770. The van der Waals surface area contributed by atoms with Gasteiger partial charge in [-0.15, -0.1) is 0 Å². The van der Waals surface area contributed by atoms with Crippen LogP contribution in [-0.4, -0.2) is 36.6 Å². The fourth-order valence-electron chi connectivity index (χ4n) is 1.93. The molecule has 1 fully saturated rings. The third-order valence-electron chi connectivity index (χ3n) is 2.78. The summed E-state index contributed by atoms with van der Waals surface area (Å²) < 4.78 is 0. The van der Waals surface area contributed by atoms with Crippen LogP contribution in [0, 0.1) is 5.92 Å². The van der Waals surface area contributed by atoms with E-state index in [1.165, 1.54) is 0 Å². The lowest BCUT2D eigenvalue weighted by molar-refractivity contribution is 0.195. The van der Waals surface area contributed by atoms with Gasteiger partial charge < -0.3 is 16.0 Å². The fourth-order valence-corrected chi connectivity index (χ4v) is 1.93. The number of carbonyl (C=O) groups excluding carboxylic acids is 1. The Balaban J connectivity index is 2.40. The normalized spacial score (nSPS) is 26.6. The van der Waals surface area contributed by atoms with Crippen molar-refractivity contribution in [2.45, 2.75) is 32.7 Å². The third kappa shape index (κ3) is 2.61. The first-order valence-electron chi connectivity index (χ1n) is 5.43. The van der Waals surface area contributed by atoms with Crippen LogP contribution in [-0.2, 0) is 0 Å². The van der Waals surface area contributed by atoms with Crippen molar-refractivity contribution in [3.63, 3.8) is 0 Å². The highest BCUT2D eigenvalue weighted by atomic mass is 16.2. The van der Waals surface area contributed by atoms with Crippen molar-refractivity contribution >= 4 is 6.03 Å². The third-order valence-corrected chi connectivity index (χ3v) is 2.78. The summed E-state index contributed by atoms with van der Waals surface area (Å²) in [5, 5.41) is 2.90. The summed E-state index contributed by atoms with van der Waals surface area (Å²) in [5.41, 5.74) is 5.60. The van der Waals surface area contributed by atoms with E-state index in [1.54, 1.807) is 0 Å². The predicted molar refractivity (Wildman–Crippen MR) is 57.0 cm³/mol. The van der Waals surface area contributed by atoms with Gasteiger partial charge in [0.05, 0.1) is 0 Å². The van der Waals surface area contributed by atoms with E-state index in [9.17, 15) is 4.79 Å². The predicted octanol–water partition coefficient (Wildman–Crippen LogP) is 0.775. The van der Waals surface area contributed by atoms with Crippen LogP contribution in [0.15, 0.2) is 0 Å². The van der Waals surface area contributed by atoms with Crippen molar-refractivity contribution in [3.8, 4) is 0 Å². The van der Waals surface area contributed by atoms with Crippen LogP contribution in [0.4, 0.5) is 4.79 Å². The number of nitrogens with zero attached hydrogens (tertiary/aromatic N) is 1. The molecule has 14 heavy (non-hydrogen) atoms. The number of likely N-dealkylation sites (tertiary alicyclic amines) is 1.